The molecule has 0 aliphatic carbocycles. The molecule has 14 heteroatoms. The Morgan fingerprint density at radius 1 is 1.05 bits per heavy atom. The zero-order valence-corrected chi connectivity index (χ0v) is 21.3. The first-order chi connectivity index (χ1) is 18.5. The standard InChI is InChI=1S/C25H29F3N4O7/c1-30-23(35)31(9-11-37-12-10-33)21(34)20-24(30,29)22(32(20)15-16-5-3-6-17(13-16)36-2)38-18-7-4-8-19(14-18)39-25(26,27)28/h3-8,13-14,20,22,33H,9-12,15,29H2,1-2H3/t20?,22-,24?/m1/s1. The number of nitrogens with zero attached hydrogens (tertiary/aromatic N) is 3. The lowest BCUT2D eigenvalue weighted by Crippen LogP contribution is -2.93. The number of benzene rings is 2. The third-order valence-electron chi connectivity index (χ3n) is 6.55. The molecule has 0 radical (unpaired) electrons. The van der Waals surface area contributed by atoms with Crippen molar-refractivity contribution >= 4 is 11.9 Å². The maximum absolute atomic E-state index is 13.6. The number of rotatable bonds is 11. The summed E-state index contributed by atoms with van der Waals surface area (Å²) in [6.07, 6.45) is -6.01. The number of aliphatic hydroxyl groups is 1. The van der Waals surface area contributed by atoms with E-state index < -0.39 is 42.0 Å². The van der Waals surface area contributed by atoms with Crippen molar-refractivity contribution in [3.63, 3.8) is 0 Å². The second kappa shape index (κ2) is 11.3. The first-order valence-corrected chi connectivity index (χ1v) is 12.0. The summed E-state index contributed by atoms with van der Waals surface area (Å²) >= 11 is 0. The minimum atomic E-state index is -4.90. The SMILES string of the molecule is COc1cccc(CN2C3C(=O)N(CCOCCO)C(=O)N(C)C3(N)[C@H]2Oc2cccc(OC(F)(F)F)c2)c1. The Balaban J connectivity index is 1.65. The van der Waals surface area contributed by atoms with Crippen LogP contribution in [0.25, 0.3) is 0 Å². The minimum absolute atomic E-state index is 0.00574. The van der Waals surface area contributed by atoms with Gasteiger partial charge < -0.3 is 34.7 Å². The van der Waals surface area contributed by atoms with Crippen LogP contribution in [-0.4, -0.2) is 96.6 Å². The number of ether oxygens (including phenoxy) is 4. The van der Waals surface area contributed by atoms with Crippen molar-refractivity contribution in [2.24, 2.45) is 5.73 Å². The molecule has 3 amide bonds. The Morgan fingerprint density at radius 3 is 2.44 bits per heavy atom. The zero-order chi connectivity index (χ0) is 28.4. The van der Waals surface area contributed by atoms with Crippen molar-refractivity contribution in [3.05, 3.63) is 54.1 Å². The summed E-state index contributed by atoms with van der Waals surface area (Å²) in [5.74, 6) is -0.509. The van der Waals surface area contributed by atoms with Gasteiger partial charge in [0.25, 0.3) is 5.91 Å². The first-order valence-electron chi connectivity index (χ1n) is 12.0. The lowest BCUT2D eigenvalue weighted by atomic mass is 9.81. The van der Waals surface area contributed by atoms with Crippen molar-refractivity contribution in [1.29, 1.82) is 0 Å². The average Bonchev–Trinajstić information content (AvgIpc) is 2.89. The normalized spacial score (nSPS) is 23.4. The van der Waals surface area contributed by atoms with Gasteiger partial charge in [-0.15, -0.1) is 13.2 Å². The van der Waals surface area contributed by atoms with Gasteiger partial charge in [0.2, 0.25) is 0 Å². The number of hydrogen-bond acceptors (Lipinski definition) is 9. The van der Waals surface area contributed by atoms with E-state index >= 15 is 0 Å². The van der Waals surface area contributed by atoms with Crippen LogP contribution < -0.4 is 19.9 Å². The summed E-state index contributed by atoms with van der Waals surface area (Å²) in [7, 11) is 2.93. The molecule has 4 rings (SSSR count). The number of halogens is 3. The highest BCUT2D eigenvalue weighted by Crippen LogP contribution is 2.44. The Morgan fingerprint density at radius 2 is 1.74 bits per heavy atom. The van der Waals surface area contributed by atoms with Crippen LogP contribution in [0.1, 0.15) is 5.56 Å². The van der Waals surface area contributed by atoms with Crippen molar-refractivity contribution < 1.29 is 46.8 Å². The average molecular weight is 555 g/mol. The third-order valence-corrected chi connectivity index (χ3v) is 6.55. The molecule has 2 aliphatic heterocycles. The number of aliphatic hydroxyl groups excluding tert-OH is 1. The molecule has 0 bridgehead atoms. The Hall–Kier alpha value is -3.59. The zero-order valence-electron chi connectivity index (χ0n) is 21.3. The monoisotopic (exact) mass is 554 g/mol. The van der Waals surface area contributed by atoms with E-state index in [2.05, 4.69) is 4.74 Å². The van der Waals surface area contributed by atoms with E-state index in [1.807, 2.05) is 0 Å². The first kappa shape index (κ1) is 28.4. The summed E-state index contributed by atoms with van der Waals surface area (Å²) in [6, 6.07) is 10.2. The molecule has 2 aliphatic rings. The molecule has 39 heavy (non-hydrogen) atoms. The summed E-state index contributed by atoms with van der Waals surface area (Å²) in [5, 5.41) is 8.91. The smallest absolute Gasteiger partial charge is 0.497 e. The van der Waals surface area contributed by atoms with E-state index in [1.54, 1.807) is 29.2 Å². The molecule has 212 valence electrons. The molecule has 3 atom stereocenters. The highest BCUT2D eigenvalue weighted by atomic mass is 19.4. The van der Waals surface area contributed by atoms with Gasteiger partial charge in [-0.3, -0.25) is 9.69 Å². The summed E-state index contributed by atoms with van der Waals surface area (Å²) in [6.45, 7) is -0.0705. The minimum Gasteiger partial charge on any atom is -0.497 e. The molecule has 0 aromatic heterocycles. The van der Waals surface area contributed by atoms with Gasteiger partial charge in [-0.25, -0.2) is 9.69 Å². The van der Waals surface area contributed by atoms with E-state index in [0.29, 0.717) is 5.75 Å². The third kappa shape index (κ3) is 5.73. The van der Waals surface area contributed by atoms with Crippen LogP contribution in [0.2, 0.25) is 0 Å². The Bertz CT molecular complexity index is 1200. The lowest BCUT2D eigenvalue weighted by Gasteiger charge is -2.65. The van der Waals surface area contributed by atoms with Crippen molar-refractivity contribution in [1.82, 2.24) is 14.7 Å². The molecule has 2 saturated heterocycles. The van der Waals surface area contributed by atoms with Crippen molar-refractivity contribution in [3.8, 4) is 17.2 Å². The van der Waals surface area contributed by atoms with E-state index in [1.165, 1.54) is 31.2 Å². The van der Waals surface area contributed by atoms with Crippen LogP contribution in [-0.2, 0) is 16.1 Å². The number of carbonyl (C=O) groups excluding carboxylic acids is 2. The second-order valence-electron chi connectivity index (χ2n) is 8.97. The summed E-state index contributed by atoms with van der Waals surface area (Å²) in [4.78, 5) is 30.6. The predicted octanol–water partition coefficient (Wildman–Crippen LogP) is 1.74. The van der Waals surface area contributed by atoms with E-state index in [4.69, 9.17) is 25.1 Å². The fourth-order valence-electron chi connectivity index (χ4n) is 4.72. The number of amides is 3. The van der Waals surface area contributed by atoms with Gasteiger partial charge in [0, 0.05) is 19.7 Å². The molecule has 2 heterocycles. The molecule has 0 saturated carbocycles. The Kier molecular flexibility index (Phi) is 8.20. The number of urea groups is 1. The summed E-state index contributed by atoms with van der Waals surface area (Å²) < 4.78 is 58.8. The predicted molar refractivity (Wildman–Crippen MR) is 130 cm³/mol. The number of likely N-dealkylation sites (N-methyl/N-ethyl adjacent to an activating group) is 1. The number of fused-ring (bicyclic) bond motifs is 1. The number of hydrogen-bond donors (Lipinski definition) is 2. The van der Waals surface area contributed by atoms with E-state index in [0.717, 1.165) is 22.6 Å². The molecular formula is C25H29F3N4O7. The van der Waals surface area contributed by atoms with Gasteiger partial charge in [0.1, 0.15) is 23.3 Å². The Labute approximate surface area is 222 Å². The van der Waals surface area contributed by atoms with E-state index in [-0.39, 0.29) is 38.7 Å². The number of carbonyl (C=O) groups is 2. The van der Waals surface area contributed by atoms with Crippen LogP contribution in [0.5, 0.6) is 17.2 Å². The highest BCUT2D eigenvalue weighted by Gasteiger charge is 2.70. The molecule has 3 N–H and O–H groups in total. The fraction of sp³-hybridized carbons (Fsp3) is 0.440. The molecular weight excluding hydrogens is 525 g/mol. The lowest BCUT2D eigenvalue weighted by molar-refractivity contribution is -0.274. The molecule has 2 unspecified atom stereocenters. The molecule has 2 aromatic rings. The maximum atomic E-state index is 13.6. The number of nitrogens with two attached hydrogens (primary N) is 1. The highest BCUT2D eigenvalue weighted by molar-refractivity contribution is 6.02. The topological polar surface area (TPSA) is 127 Å². The number of imide groups is 1. The number of alkyl halides is 3. The van der Waals surface area contributed by atoms with E-state index in [9.17, 15) is 22.8 Å². The number of methoxy groups -OCH3 is 1. The molecule has 2 aromatic carbocycles. The van der Waals surface area contributed by atoms with Gasteiger partial charge >= 0.3 is 12.4 Å². The van der Waals surface area contributed by atoms with Crippen LogP contribution in [0.3, 0.4) is 0 Å². The van der Waals surface area contributed by atoms with Crippen LogP contribution in [0.15, 0.2) is 48.5 Å². The number of likely N-dealkylation sites (tertiary alicyclic amines) is 1. The largest absolute Gasteiger partial charge is 0.573 e. The van der Waals surface area contributed by atoms with Crippen LogP contribution >= 0.6 is 0 Å². The second-order valence-corrected chi connectivity index (χ2v) is 8.97. The van der Waals surface area contributed by atoms with Crippen LogP contribution in [0.4, 0.5) is 18.0 Å². The van der Waals surface area contributed by atoms with Gasteiger partial charge in [-0.2, -0.15) is 0 Å². The molecule has 0 spiro atoms. The quantitative estimate of drug-likeness (QED) is 0.400. The maximum Gasteiger partial charge on any atom is 0.573 e. The van der Waals surface area contributed by atoms with Crippen molar-refractivity contribution in [2.75, 3.05) is 40.5 Å². The van der Waals surface area contributed by atoms with Crippen LogP contribution in [0, 0.1) is 0 Å². The van der Waals surface area contributed by atoms with Crippen molar-refractivity contribution in [2.45, 2.75) is 30.8 Å². The van der Waals surface area contributed by atoms with Gasteiger partial charge in [0.15, 0.2) is 11.9 Å². The van der Waals surface area contributed by atoms with Gasteiger partial charge in [-0.05, 0) is 29.8 Å². The summed E-state index contributed by atoms with van der Waals surface area (Å²) in [5.41, 5.74) is 5.79. The van der Waals surface area contributed by atoms with Gasteiger partial charge in [0.05, 0.1) is 33.5 Å². The molecule has 2 fully saturated rings. The molecule has 11 nitrogen and oxygen atoms in total. The fourth-order valence-corrected chi connectivity index (χ4v) is 4.72. The van der Waals surface area contributed by atoms with Gasteiger partial charge in [-0.1, -0.05) is 18.2 Å².